The van der Waals surface area contributed by atoms with Crippen molar-refractivity contribution in [2.75, 3.05) is 26.2 Å². The third kappa shape index (κ3) is 3.71. The van der Waals surface area contributed by atoms with Gasteiger partial charge in [-0.05, 0) is 37.0 Å². The van der Waals surface area contributed by atoms with Gasteiger partial charge in [-0.1, -0.05) is 26.0 Å². The highest BCUT2D eigenvalue weighted by Gasteiger charge is 2.42. The molecule has 0 amide bonds. The molecule has 1 aromatic carbocycles. The van der Waals surface area contributed by atoms with E-state index >= 15 is 0 Å². The third-order valence-corrected chi connectivity index (χ3v) is 3.95. The molecule has 106 valence electrons. The van der Waals surface area contributed by atoms with E-state index in [1.54, 1.807) is 0 Å². The number of rotatable bonds is 6. The van der Waals surface area contributed by atoms with Gasteiger partial charge in [0.15, 0.2) is 0 Å². The Balaban J connectivity index is 1.61. The van der Waals surface area contributed by atoms with Gasteiger partial charge in [-0.2, -0.15) is 0 Å². The number of aryl methyl sites for hydroxylation is 1. The highest BCUT2D eigenvalue weighted by Crippen LogP contribution is 2.28. The molecule has 3 nitrogen and oxygen atoms in total. The molecule has 1 fully saturated rings. The summed E-state index contributed by atoms with van der Waals surface area (Å²) in [5.74, 6) is 1.29. The van der Waals surface area contributed by atoms with E-state index in [9.17, 15) is 5.11 Å². The Bertz CT molecular complexity index is 411. The molecule has 1 aliphatic rings. The zero-order valence-electron chi connectivity index (χ0n) is 12.2. The van der Waals surface area contributed by atoms with Gasteiger partial charge in [-0.3, -0.25) is 4.90 Å². The molecule has 1 N–H and O–H groups in total. The van der Waals surface area contributed by atoms with Crippen LogP contribution in [0.15, 0.2) is 24.3 Å². The van der Waals surface area contributed by atoms with Gasteiger partial charge in [0.25, 0.3) is 0 Å². The lowest BCUT2D eigenvalue weighted by atomic mass is 9.83. The Hall–Kier alpha value is -1.06. The zero-order valence-corrected chi connectivity index (χ0v) is 12.2. The first-order valence-corrected chi connectivity index (χ1v) is 7.14. The highest BCUT2D eigenvalue weighted by atomic mass is 16.5. The maximum absolute atomic E-state index is 10.1. The van der Waals surface area contributed by atoms with E-state index in [1.807, 2.05) is 12.1 Å². The fraction of sp³-hybridized carbons (Fsp3) is 0.625. The fourth-order valence-electron chi connectivity index (χ4n) is 2.43. The molecule has 0 aliphatic carbocycles. The predicted molar refractivity (Wildman–Crippen MR) is 77.5 cm³/mol. The molecule has 0 bridgehead atoms. The average Bonchev–Trinajstić information content (AvgIpc) is 2.31. The molecule has 0 unspecified atom stereocenters. The molecule has 0 aromatic heterocycles. The number of hydrogen-bond acceptors (Lipinski definition) is 3. The minimum absolute atomic E-state index is 0.340. The van der Waals surface area contributed by atoms with Crippen LogP contribution in [0.25, 0.3) is 0 Å². The quantitative estimate of drug-likeness (QED) is 0.800. The van der Waals surface area contributed by atoms with E-state index < -0.39 is 5.60 Å². The van der Waals surface area contributed by atoms with Crippen molar-refractivity contribution in [1.29, 1.82) is 0 Å². The summed E-state index contributed by atoms with van der Waals surface area (Å²) < 4.78 is 5.72. The van der Waals surface area contributed by atoms with Crippen LogP contribution in [-0.4, -0.2) is 41.8 Å². The molecule has 0 atom stereocenters. The van der Waals surface area contributed by atoms with Crippen molar-refractivity contribution < 1.29 is 9.84 Å². The molecule has 19 heavy (non-hydrogen) atoms. The number of hydrogen-bond donors (Lipinski definition) is 1. The maximum Gasteiger partial charge on any atom is 0.119 e. The molecule has 0 saturated carbocycles. The normalized spacial score (nSPS) is 18.4. The zero-order chi connectivity index (χ0) is 13.9. The van der Waals surface area contributed by atoms with Gasteiger partial charge in [0.1, 0.15) is 5.75 Å². The number of benzene rings is 1. The Morgan fingerprint density at radius 3 is 2.74 bits per heavy atom. The summed E-state index contributed by atoms with van der Waals surface area (Å²) in [5.41, 5.74) is 0.763. The molecule has 1 aliphatic heterocycles. The smallest absolute Gasteiger partial charge is 0.119 e. The van der Waals surface area contributed by atoms with Gasteiger partial charge in [-0.15, -0.1) is 0 Å². The van der Waals surface area contributed by atoms with E-state index in [1.165, 1.54) is 5.56 Å². The minimum Gasteiger partial charge on any atom is -0.494 e. The first kappa shape index (κ1) is 14.4. The first-order valence-electron chi connectivity index (χ1n) is 7.14. The lowest BCUT2D eigenvalue weighted by molar-refractivity contribution is -0.127. The largest absolute Gasteiger partial charge is 0.494 e. The van der Waals surface area contributed by atoms with Crippen LogP contribution >= 0.6 is 0 Å². The van der Waals surface area contributed by atoms with E-state index in [0.717, 1.165) is 38.4 Å². The molecule has 1 aromatic rings. The van der Waals surface area contributed by atoms with Crippen LogP contribution in [0.5, 0.6) is 5.75 Å². The van der Waals surface area contributed by atoms with Crippen LogP contribution in [0, 0.1) is 12.8 Å². The van der Waals surface area contributed by atoms with Crippen molar-refractivity contribution in [1.82, 2.24) is 4.90 Å². The summed E-state index contributed by atoms with van der Waals surface area (Å²) in [7, 11) is 0. The predicted octanol–water partition coefficient (Wildman–Crippen LogP) is 2.47. The first-order chi connectivity index (χ1) is 8.99. The van der Waals surface area contributed by atoms with E-state index in [-0.39, 0.29) is 0 Å². The molecular formula is C16H25NO2. The topological polar surface area (TPSA) is 32.7 Å². The fourth-order valence-corrected chi connectivity index (χ4v) is 2.43. The lowest BCUT2D eigenvalue weighted by Crippen LogP contribution is -2.64. The maximum atomic E-state index is 10.1. The lowest BCUT2D eigenvalue weighted by Gasteiger charge is -2.49. The van der Waals surface area contributed by atoms with Crippen LogP contribution in [0.4, 0.5) is 0 Å². The van der Waals surface area contributed by atoms with Crippen molar-refractivity contribution in [3.8, 4) is 5.75 Å². The Morgan fingerprint density at radius 1 is 1.37 bits per heavy atom. The van der Waals surface area contributed by atoms with Crippen molar-refractivity contribution in [2.24, 2.45) is 5.92 Å². The third-order valence-electron chi connectivity index (χ3n) is 3.95. The summed E-state index contributed by atoms with van der Waals surface area (Å²) >= 11 is 0. The van der Waals surface area contributed by atoms with Crippen LogP contribution in [0.3, 0.4) is 0 Å². The van der Waals surface area contributed by atoms with Crippen molar-refractivity contribution >= 4 is 0 Å². The van der Waals surface area contributed by atoms with Gasteiger partial charge in [0.05, 0.1) is 12.2 Å². The minimum atomic E-state index is -0.461. The molecule has 1 saturated heterocycles. The van der Waals surface area contributed by atoms with Crippen LogP contribution < -0.4 is 4.74 Å². The Kier molecular flexibility index (Phi) is 4.48. The van der Waals surface area contributed by atoms with Gasteiger partial charge in [0.2, 0.25) is 0 Å². The van der Waals surface area contributed by atoms with E-state index in [4.69, 9.17) is 4.74 Å². The van der Waals surface area contributed by atoms with Crippen molar-refractivity contribution in [3.05, 3.63) is 29.8 Å². The molecule has 2 rings (SSSR count). The van der Waals surface area contributed by atoms with Gasteiger partial charge < -0.3 is 9.84 Å². The van der Waals surface area contributed by atoms with Crippen LogP contribution in [0.1, 0.15) is 25.8 Å². The summed E-state index contributed by atoms with van der Waals surface area (Å²) in [5, 5.41) is 10.1. The standard InChI is InChI=1S/C16H25NO2/c1-13(2)16(18)11-17(12-16)8-5-9-19-15-7-4-6-14(3)10-15/h4,6-7,10,13,18H,5,8-9,11-12H2,1-3H3. The van der Waals surface area contributed by atoms with Crippen LogP contribution in [0.2, 0.25) is 0 Å². The second-order valence-electron chi connectivity index (χ2n) is 5.99. The number of likely N-dealkylation sites (tertiary alicyclic amines) is 1. The summed E-state index contributed by atoms with van der Waals surface area (Å²) in [4.78, 5) is 2.29. The SMILES string of the molecule is Cc1cccc(OCCCN2CC(O)(C(C)C)C2)c1. The highest BCUT2D eigenvalue weighted by molar-refractivity contribution is 5.27. The number of β-amino-alcohol motifs (C(OH)–C–C–N with tert-alkyl or cyclic N) is 1. The molecular weight excluding hydrogens is 238 g/mol. The second kappa shape index (κ2) is 5.93. The van der Waals surface area contributed by atoms with Crippen molar-refractivity contribution in [2.45, 2.75) is 32.8 Å². The Morgan fingerprint density at radius 2 is 2.11 bits per heavy atom. The monoisotopic (exact) mass is 263 g/mol. The summed E-state index contributed by atoms with van der Waals surface area (Å²) in [6.45, 7) is 9.57. The summed E-state index contributed by atoms with van der Waals surface area (Å²) in [6.07, 6.45) is 1.00. The molecule has 0 spiro atoms. The summed E-state index contributed by atoms with van der Waals surface area (Å²) in [6, 6.07) is 8.14. The number of aliphatic hydroxyl groups is 1. The Labute approximate surface area is 116 Å². The second-order valence-corrected chi connectivity index (χ2v) is 5.99. The molecule has 3 heteroatoms. The van der Waals surface area contributed by atoms with Gasteiger partial charge in [0, 0.05) is 19.6 Å². The molecule has 1 heterocycles. The van der Waals surface area contributed by atoms with Gasteiger partial charge in [-0.25, -0.2) is 0 Å². The van der Waals surface area contributed by atoms with Crippen molar-refractivity contribution in [3.63, 3.8) is 0 Å². The van der Waals surface area contributed by atoms with E-state index in [2.05, 4.69) is 37.8 Å². The average molecular weight is 263 g/mol. The molecule has 0 radical (unpaired) electrons. The van der Waals surface area contributed by atoms with Crippen LogP contribution in [-0.2, 0) is 0 Å². The number of ether oxygens (including phenoxy) is 1. The van der Waals surface area contributed by atoms with Gasteiger partial charge >= 0.3 is 0 Å². The number of nitrogens with zero attached hydrogens (tertiary/aromatic N) is 1. The van der Waals surface area contributed by atoms with E-state index in [0.29, 0.717) is 5.92 Å².